The molecule has 0 saturated heterocycles. The predicted octanol–water partition coefficient (Wildman–Crippen LogP) is 3.38. The van der Waals surface area contributed by atoms with Gasteiger partial charge in [-0.15, -0.1) is 0 Å². The first kappa shape index (κ1) is 16.2. The molecule has 0 fully saturated rings. The average molecular weight is 467 g/mol. The van der Waals surface area contributed by atoms with Gasteiger partial charge in [-0.2, -0.15) is 5.10 Å². The Kier molecular flexibility index (Phi) is 3.78. The lowest BCUT2D eigenvalue weighted by molar-refractivity contribution is 0.698. The molecule has 0 unspecified atom stereocenters. The Labute approximate surface area is 168 Å². The number of hydrogen-bond acceptors (Lipinski definition) is 5. The lowest BCUT2D eigenvalue weighted by Crippen LogP contribution is -2.04. The van der Waals surface area contributed by atoms with Crippen LogP contribution in [0, 0.1) is 3.70 Å². The first-order chi connectivity index (χ1) is 13.2. The van der Waals surface area contributed by atoms with E-state index in [0.29, 0.717) is 12.4 Å². The van der Waals surface area contributed by atoms with Gasteiger partial charge in [-0.05, 0) is 52.9 Å². The Hall–Kier alpha value is -3.01. The second-order valence-corrected chi connectivity index (χ2v) is 7.16. The van der Waals surface area contributed by atoms with E-state index >= 15 is 0 Å². The van der Waals surface area contributed by atoms with E-state index in [1.165, 1.54) is 6.33 Å². The van der Waals surface area contributed by atoms with Gasteiger partial charge >= 0.3 is 0 Å². The van der Waals surface area contributed by atoms with Gasteiger partial charge in [-0.1, -0.05) is 12.1 Å². The molecule has 0 aliphatic rings. The fourth-order valence-electron chi connectivity index (χ4n) is 3.35. The third-order valence-corrected chi connectivity index (χ3v) is 5.26. The molecule has 0 aliphatic carbocycles. The van der Waals surface area contributed by atoms with Crippen LogP contribution < -0.4 is 5.73 Å². The minimum Gasteiger partial charge on any atom is -0.383 e. The molecular weight excluding hydrogens is 453 g/mol. The summed E-state index contributed by atoms with van der Waals surface area (Å²) < 4.78 is 4.82. The van der Waals surface area contributed by atoms with Crippen LogP contribution in [0.5, 0.6) is 0 Å². The number of aromatic nitrogens is 6. The Morgan fingerprint density at radius 3 is 2.78 bits per heavy atom. The normalized spacial score (nSPS) is 11.4. The highest BCUT2D eigenvalue weighted by atomic mass is 127. The van der Waals surface area contributed by atoms with Gasteiger partial charge in [-0.25, -0.2) is 14.6 Å². The van der Waals surface area contributed by atoms with Gasteiger partial charge < -0.3 is 10.1 Å². The maximum atomic E-state index is 6.02. The molecule has 0 saturated carbocycles. The quantitative estimate of drug-likeness (QED) is 0.412. The van der Waals surface area contributed by atoms with Crippen molar-refractivity contribution in [3.05, 3.63) is 70.4 Å². The van der Waals surface area contributed by atoms with Crippen LogP contribution in [0.25, 0.3) is 27.9 Å². The van der Waals surface area contributed by atoms with Gasteiger partial charge in [-0.3, -0.25) is 4.98 Å². The Balaban J connectivity index is 1.72. The van der Waals surface area contributed by atoms with Crippen LogP contribution in [0.4, 0.5) is 5.82 Å². The molecule has 5 rings (SSSR count). The van der Waals surface area contributed by atoms with Crippen molar-refractivity contribution in [2.24, 2.45) is 0 Å². The molecular formula is C19H14IN7. The molecule has 0 amide bonds. The van der Waals surface area contributed by atoms with E-state index in [9.17, 15) is 0 Å². The van der Waals surface area contributed by atoms with Crippen molar-refractivity contribution in [3.63, 3.8) is 0 Å². The number of nitrogens with two attached hydrogens (primary N) is 1. The zero-order valence-electron chi connectivity index (χ0n) is 14.1. The highest BCUT2D eigenvalue weighted by Gasteiger charge is 2.18. The molecule has 7 nitrogen and oxygen atoms in total. The number of nitrogens with zero attached hydrogens (tertiary/aromatic N) is 6. The van der Waals surface area contributed by atoms with E-state index in [-0.39, 0.29) is 0 Å². The number of anilines is 1. The molecule has 5 heterocycles. The van der Waals surface area contributed by atoms with E-state index in [4.69, 9.17) is 5.73 Å². The number of halogens is 1. The van der Waals surface area contributed by atoms with Gasteiger partial charge in [0.15, 0.2) is 5.65 Å². The summed E-state index contributed by atoms with van der Waals surface area (Å²) >= 11 is 2.17. The molecule has 5 aromatic heterocycles. The molecule has 5 aromatic rings. The zero-order valence-corrected chi connectivity index (χ0v) is 16.3. The summed E-state index contributed by atoms with van der Waals surface area (Å²) in [5, 5.41) is 5.43. The lowest BCUT2D eigenvalue weighted by Gasteiger charge is -2.07. The molecule has 0 atom stereocenters. The van der Waals surface area contributed by atoms with Crippen molar-refractivity contribution in [1.29, 1.82) is 0 Å². The van der Waals surface area contributed by atoms with Crippen LogP contribution in [-0.4, -0.2) is 29.1 Å². The molecule has 132 valence electrons. The summed E-state index contributed by atoms with van der Waals surface area (Å²) in [6.45, 7) is 0.559. The van der Waals surface area contributed by atoms with E-state index in [0.717, 1.165) is 37.2 Å². The van der Waals surface area contributed by atoms with Crippen LogP contribution in [0.3, 0.4) is 0 Å². The van der Waals surface area contributed by atoms with Crippen molar-refractivity contribution in [3.8, 4) is 11.4 Å². The van der Waals surface area contributed by atoms with E-state index in [1.54, 1.807) is 0 Å². The van der Waals surface area contributed by atoms with Gasteiger partial charge in [0.25, 0.3) is 0 Å². The van der Waals surface area contributed by atoms with Crippen LogP contribution >= 0.6 is 22.6 Å². The molecule has 0 radical (unpaired) electrons. The Bertz CT molecular complexity index is 1270. The van der Waals surface area contributed by atoms with Gasteiger partial charge in [0.1, 0.15) is 15.8 Å². The highest BCUT2D eigenvalue weighted by molar-refractivity contribution is 14.1. The number of hydrogen-bond donors (Lipinski definition) is 1. The second-order valence-electron chi connectivity index (χ2n) is 6.13. The van der Waals surface area contributed by atoms with Crippen molar-refractivity contribution in [1.82, 2.24) is 29.1 Å². The molecule has 0 spiro atoms. The summed E-state index contributed by atoms with van der Waals surface area (Å²) in [5.74, 6) is 0.447. The SMILES string of the molecule is Nc1ncnc2c1c(I)nn2Cc1cc2ccccn2c1-c1ccccn1. The Morgan fingerprint density at radius 1 is 1.04 bits per heavy atom. The maximum Gasteiger partial charge on any atom is 0.164 e. The maximum absolute atomic E-state index is 6.02. The highest BCUT2D eigenvalue weighted by Crippen LogP contribution is 2.29. The van der Waals surface area contributed by atoms with Crippen molar-refractivity contribution >= 4 is 45.0 Å². The minimum atomic E-state index is 0.447. The average Bonchev–Trinajstić information content (AvgIpc) is 3.21. The smallest absolute Gasteiger partial charge is 0.164 e. The summed E-state index contributed by atoms with van der Waals surface area (Å²) in [4.78, 5) is 13.0. The van der Waals surface area contributed by atoms with Crippen LogP contribution in [0.2, 0.25) is 0 Å². The molecule has 0 aliphatic heterocycles. The van der Waals surface area contributed by atoms with Crippen molar-refractivity contribution in [2.75, 3.05) is 5.73 Å². The van der Waals surface area contributed by atoms with Gasteiger partial charge in [0, 0.05) is 23.5 Å². The fraction of sp³-hybridized carbons (Fsp3) is 0.0526. The molecule has 27 heavy (non-hydrogen) atoms. The van der Waals surface area contributed by atoms with Crippen LogP contribution in [-0.2, 0) is 6.54 Å². The van der Waals surface area contributed by atoms with Gasteiger partial charge in [0.2, 0.25) is 0 Å². The van der Waals surface area contributed by atoms with E-state index in [1.807, 2.05) is 47.4 Å². The Morgan fingerprint density at radius 2 is 1.93 bits per heavy atom. The second kappa shape index (κ2) is 6.31. The number of nitrogen functional groups attached to an aromatic ring is 1. The predicted molar refractivity (Wildman–Crippen MR) is 112 cm³/mol. The first-order valence-corrected chi connectivity index (χ1v) is 9.43. The first-order valence-electron chi connectivity index (χ1n) is 8.35. The standard InChI is InChI=1S/C19H14IN7/c20-17-15-18(21)23-11-24-19(15)27(25-17)10-12-9-13-5-2-4-8-26(13)16(12)14-6-1-3-7-22-14/h1-9,11H,10H2,(H2,21,23,24). The number of fused-ring (bicyclic) bond motifs is 2. The van der Waals surface area contributed by atoms with Gasteiger partial charge in [0.05, 0.1) is 23.3 Å². The largest absolute Gasteiger partial charge is 0.383 e. The number of pyridine rings is 2. The monoisotopic (exact) mass is 467 g/mol. The van der Waals surface area contributed by atoms with Crippen LogP contribution in [0.15, 0.2) is 61.2 Å². The molecule has 0 bridgehead atoms. The minimum absolute atomic E-state index is 0.447. The van der Waals surface area contributed by atoms with Crippen molar-refractivity contribution in [2.45, 2.75) is 6.54 Å². The third-order valence-electron chi connectivity index (χ3n) is 4.50. The summed E-state index contributed by atoms with van der Waals surface area (Å²) in [5.41, 5.74) is 10.9. The summed E-state index contributed by atoms with van der Waals surface area (Å²) in [6, 6.07) is 14.2. The van der Waals surface area contributed by atoms with Crippen LogP contribution in [0.1, 0.15) is 5.56 Å². The topological polar surface area (TPSA) is 86.9 Å². The lowest BCUT2D eigenvalue weighted by atomic mass is 10.1. The van der Waals surface area contributed by atoms with E-state index < -0.39 is 0 Å². The summed E-state index contributed by atoms with van der Waals surface area (Å²) in [7, 11) is 0. The number of rotatable bonds is 3. The van der Waals surface area contributed by atoms with Crippen molar-refractivity contribution < 1.29 is 0 Å². The third kappa shape index (κ3) is 2.64. The molecule has 0 aromatic carbocycles. The fourth-order valence-corrected chi connectivity index (χ4v) is 4.13. The summed E-state index contributed by atoms with van der Waals surface area (Å²) in [6.07, 6.45) is 5.33. The van der Waals surface area contributed by atoms with E-state index in [2.05, 4.69) is 59.2 Å². The molecule has 8 heteroatoms. The molecule has 2 N–H and O–H groups in total. The zero-order chi connectivity index (χ0) is 18.4.